The van der Waals surface area contributed by atoms with Crippen LogP contribution in [0.3, 0.4) is 0 Å². The van der Waals surface area contributed by atoms with Gasteiger partial charge in [-0.25, -0.2) is 23.4 Å². The number of rotatable bonds is 8. The largest absolute Gasteiger partial charge is 0.387 e. The molecule has 0 radical (unpaired) electrons. The molecule has 160 valence electrons. The number of carbonyl (C=O) groups excluding carboxylic acids is 1. The van der Waals surface area contributed by atoms with Gasteiger partial charge in [-0.2, -0.15) is 0 Å². The number of carbonyl (C=O) groups is 1. The Kier molecular flexibility index (Phi) is 6.25. The highest BCUT2D eigenvalue weighted by Gasteiger charge is 2.36. The van der Waals surface area contributed by atoms with Gasteiger partial charge in [0, 0.05) is 18.0 Å². The Hall–Kier alpha value is -2.89. The molecular formula is C19H16ClN5O4S2. The minimum atomic E-state index is -3.34. The number of hydrogen-bond donors (Lipinski definition) is 1. The SMILES string of the molecule is O=C(Nc1ncc(Cl)s1)/C(=N/OCc1ncccn1)c1ccc(S(=O)(=O)C2CC2)cc1. The van der Waals surface area contributed by atoms with Crippen LogP contribution in [0.2, 0.25) is 4.34 Å². The molecule has 1 fully saturated rings. The average molecular weight is 478 g/mol. The Morgan fingerprint density at radius 2 is 1.90 bits per heavy atom. The van der Waals surface area contributed by atoms with Crippen LogP contribution in [0.4, 0.5) is 5.13 Å². The van der Waals surface area contributed by atoms with Gasteiger partial charge in [-0.15, -0.1) is 0 Å². The van der Waals surface area contributed by atoms with Crippen molar-refractivity contribution >= 4 is 49.5 Å². The molecule has 31 heavy (non-hydrogen) atoms. The number of nitrogens with one attached hydrogen (secondary N) is 1. The molecule has 12 heteroatoms. The lowest BCUT2D eigenvalue weighted by Gasteiger charge is -2.08. The molecule has 1 aliphatic rings. The summed E-state index contributed by atoms with van der Waals surface area (Å²) < 4.78 is 25.2. The Bertz CT molecular complexity index is 1210. The fourth-order valence-corrected chi connectivity index (χ4v) is 5.09. The lowest BCUT2D eigenvalue weighted by molar-refractivity contribution is -0.110. The van der Waals surface area contributed by atoms with Gasteiger partial charge in [-0.05, 0) is 31.0 Å². The fraction of sp³-hybridized carbons (Fsp3) is 0.211. The normalized spacial score (nSPS) is 14.3. The molecule has 0 aliphatic heterocycles. The maximum absolute atomic E-state index is 12.8. The van der Waals surface area contributed by atoms with Gasteiger partial charge in [0.1, 0.15) is 4.34 Å². The van der Waals surface area contributed by atoms with Crippen molar-refractivity contribution in [2.45, 2.75) is 29.6 Å². The van der Waals surface area contributed by atoms with Crippen LogP contribution in [0.5, 0.6) is 0 Å². The molecule has 4 rings (SSSR count). The molecule has 0 unspecified atom stereocenters. The molecule has 1 aliphatic carbocycles. The van der Waals surface area contributed by atoms with Gasteiger partial charge in [0.05, 0.1) is 16.3 Å². The third-order valence-corrected chi connectivity index (χ3v) is 7.61. The molecule has 0 atom stereocenters. The first-order chi connectivity index (χ1) is 14.9. The van der Waals surface area contributed by atoms with Crippen molar-refractivity contribution in [1.82, 2.24) is 15.0 Å². The standard InChI is InChI=1S/C19H16ClN5O4S2/c20-15-10-23-19(30-15)24-18(26)17(25-29-11-16-21-8-1-9-22-16)12-2-4-13(5-3-12)31(27,28)14-6-7-14/h1-5,8-10,14H,6-7,11H2,(H,23,24,26)/b25-17+. The minimum absolute atomic E-state index is 0.0468. The molecule has 1 aromatic carbocycles. The minimum Gasteiger partial charge on any atom is -0.387 e. The van der Waals surface area contributed by atoms with Crippen LogP contribution >= 0.6 is 22.9 Å². The summed E-state index contributed by atoms with van der Waals surface area (Å²) in [5.74, 6) is -0.193. The van der Waals surface area contributed by atoms with E-state index in [2.05, 4.69) is 25.4 Å². The molecular weight excluding hydrogens is 462 g/mol. The molecule has 2 aromatic heterocycles. The summed E-state index contributed by atoms with van der Waals surface area (Å²) in [6, 6.07) is 7.64. The van der Waals surface area contributed by atoms with E-state index in [9.17, 15) is 13.2 Å². The van der Waals surface area contributed by atoms with Crippen molar-refractivity contribution in [3.63, 3.8) is 0 Å². The van der Waals surface area contributed by atoms with Crippen LogP contribution < -0.4 is 5.32 Å². The average Bonchev–Trinajstić information content (AvgIpc) is 3.56. The quantitative estimate of drug-likeness (QED) is 0.390. The first kappa shape index (κ1) is 21.3. The van der Waals surface area contributed by atoms with Crippen LogP contribution in [0.25, 0.3) is 0 Å². The Balaban J connectivity index is 1.57. The Labute approximate surface area is 187 Å². The van der Waals surface area contributed by atoms with Crippen molar-refractivity contribution < 1.29 is 18.0 Å². The maximum atomic E-state index is 12.8. The molecule has 1 saturated carbocycles. The summed E-state index contributed by atoms with van der Waals surface area (Å²) in [7, 11) is -3.34. The van der Waals surface area contributed by atoms with E-state index in [0.717, 1.165) is 11.3 Å². The number of sulfone groups is 1. The topological polar surface area (TPSA) is 124 Å². The highest BCUT2D eigenvalue weighted by atomic mass is 35.5. The second-order valence-electron chi connectivity index (χ2n) is 6.57. The van der Waals surface area contributed by atoms with Gasteiger partial charge in [0.15, 0.2) is 33.1 Å². The Morgan fingerprint density at radius 1 is 1.19 bits per heavy atom. The number of oxime groups is 1. The number of nitrogens with zero attached hydrogens (tertiary/aromatic N) is 4. The van der Waals surface area contributed by atoms with E-state index in [1.807, 2.05) is 0 Å². The molecule has 9 nitrogen and oxygen atoms in total. The van der Waals surface area contributed by atoms with Gasteiger partial charge in [-0.3, -0.25) is 10.1 Å². The van der Waals surface area contributed by atoms with E-state index in [1.54, 1.807) is 18.5 Å². The zero-order chi connectivity index (χ0) is 21.8. The van der Waals surface area contributed by atoms with Crippen molar-refractivity contribution in [2.24, 2.45) is 5.16 Å². The number of aromatic nitrogens is 3. The van der Waals surface area contributed by atoms with Gasteiger partial charge in [0.2, 0.25) is 0 Å². The highest BCUT2D eigenvalue weighted by Crippen LogP contribution is 2.33. The van der Waals surface area contributed by atoms with Gasteiger partial charge < -0.3 is 4.84 Å². The highest BCUT2D eigenvalue weighted by molar-refractivity contribution is 7.92. The predicted molar refractivity (Wildman–Crippen MR) is 116 cm³/mol. The van der Waals surface area contributed by atoms with E-state index in [-0.39, 0.29) is 22.5 Å². The van der Waals surface area contributed by atoms with Crippen molar-refractivity contribution in [1.29, 1.82) is 0 Å². The lowest BCUT2D eigenvalue weighted by Crippen LogP contribution is -2.24. The smallest absolute Gasteiger partial charge is 0.280 e. The zero-order valence-electron chi connectivity index (χ0n) is 15.9. The lowest BCUT2D eigenvalue weighted by atomic mass is 10.1. The third-order valence-electron chi connectivity index (χ3n) is 4.30. The second kappa shape index (κ2) is 9.08. The number of hydrogen-bond acceptors (Lipinski definition) is 9. The Morgan fingerprint density at radius 3 is 2.52 bits per heavy atom. The monoisotopic (exact) mass is 477 g/mol. The van der Waals surface area contributed by atoms with E-state index >= 15 is 0 Å². The van der Waals surface area contributed by atoms with Crippen LogP contribution in [0.1, 0.15) is 24.2 Å². The first-order valence-corrected chi connectivity index (χ1v) is 11.9. The van der Waals surface area contributed by atoms with E-state index < -0.39 is 15.7 Å². The van der Waals surface area contributed by atoms with Crippen molar-refractivity contribution in [3.8, 4) is 0 Å². The molecule has 1 N–H and O–H groups in total. The summed E-state index contributed by atoms with van der Waals surface area (Å²) >= 11 is 6.95. The van der Waals surface area contributed by atoms with E-state index in [1.165, 1.54) is 30.5 Å². The maximum Gasteiger partial charge on any atom is 0.280 e. The van der Waals surface area contributed by atoms with Crippen LogP contribution in [0, 0.1) is 0 Å². The van der Waals surface area contributed by atoms with Gasteiger partial charge >= 0.3 is 0 Å². The van der Waals surface area contributed by atoms with Crippen molar-refractivity contribution in [3.05, 3.63) is 64.6 Å². The van der Waals surface area contributed by atoms with Crippen LogP contribution in [-0.2, 0) is 26.1 Å². The van der Waals surface area contributed by atoms with Crippen molar-refractivity contribution in [2.75, 3.05) is 5.32 Å². The molecule has 2 heterocycles. The van der Waals surface area contributed by atoms with Crippen LogP contribution in [0.15, 0.2) is 59.0 Å². The first-order valence-electron chi connectivity index (χ1n) is 9.16. The molecule has 0 saturated heterocycles. The predicted octanol–water partition coefficient (Wildman–Crippen LogP) is 3.08. The second-order valence-corrected chi connectivity index (χ2v) is 10.5. The summed E-state index contributed by atoms with van der Waals surface area (Å²) in [5, 5.41) is 6.53. The summed E-state index contributed by atoms with van der Waals surface area (Å²) in [6.45, 7) is -0.0468. The zero-order valence-corrected chi connectivity index (χ0v) is 18.3. The molecule has 0 bridgehead atoms. The van der Waals surface area contributed by atoms with Crippen LogP contribution in [-0.4, -0.2) is 40.2 Å². The summed E-state index contributed by atoms with van der Waals surface area (Å²) in [5.41, 5.74) is 0.321. The fourth-order valence-electron chi connectivity index (χ4n) is 2.63. The van der Waals surface area contributed by atoms with Gasteiger partial charge in [-0.1, -0.05) is 40.2 Å². The summed E-state index contributed by atoms with van der Waals surface area (Å²) in [4.78, 5) is 30.4. The van der Waals surface area contributed by atoms with E-state index in [0.29, 0.717) is 33.7 Å². The van der Waals surface area contributed by atoms with Gasteiger partial charge in [0.25, 0.3) is 5.91 Å². The molecule has 1 amide bonds. The summed E-state index contributed by atoms with van der Waals surface area (Å²) in [6.07, 6.45) is 5.89. The number of amides is 1. The molecule has 0 spiro atoms. The number of benzene rings is 1. The number of halogens is 1. The molecule has 3 aromatic rings. The van der Waals surface area contributed by atoms with E-state index in [4.69, 9.17) is 16.4 Å². The number of thiazole rings is 1. The third kappa shape index (κ3) is 5.24. The number of anilines is 1.